The summed E-state index contributed by atoms with van der Waals surface area (Å²) in [6, 6.07) is 1.41. The summed E-state index contributed by atoms with van der Waals surface area (Å²) in [5.74, 6) is -0.478. The van der Waals surface area contributed by atoms with Gasteiger partial charge in [0.2, 0.25) is 0 Å². The van der Waals surface area contributed by atoms with E-state index in [0.29, 0.717) is 6.42 Å². The SMILES string of the molecule is CCC(CO)(CO)NC(=O)c1ccon1. The Balaban J connectivity index is 2.71. The number of nitrogens with zero attached hydrogens (tertiary/aromatic N) is 1. The number of amides is 1. The van der Waals surface area contributed by atoms with Crippen molar-refractivity contribution in [2.45, 2.75) is 18.9 Å². The van der Waals surface area contributed by atoms with E-state index in [0.717, 1.165) is 0 Å². The highest BCUT2D eigenvalue weighted by Gasteiger charge is 2.29. The van der Waals surface area contributed by atoms with E-state index in [2.05, 4.69) is 15.0 Å². The van der Waals surface area contributed by atoms with Crippen LogP contribution in [0, 0.1) is 0 Å². The fourth-order valence-corrected chi connectivity index (χ4v) is 1.08. The van der Waals surface area contributed by atoms with E-state index < -0.39 is 11.4 Å². The van der Waals surface area contributed by atoms with Crippen molar-refractivity contribution in [2.24, 2.45) is 0 Å². The van der Waals surface area contributed by atoms with Crippen LogP contribution in [0.25, 0.3) is 0 Å². The number of hydrogen-bond acceptors (Lipinski definition) is 5. The van der Waals surface area contributed by atoms with Crippen LogP contribution in [0.3, 0.4) is 0 Å². The van der Waals surface area contributed by atoms with Gasteiger partial charge in [-0.3, -0.25) is 4.79 Å². The average Bonchev–Trinajstić information content (AvgIpc) is 2.79. The molecule has 0 aliphatic rings. The molecular formula is C9H14N2O4. The van der Waals surface area contributed by atoms with Crippen LogP contribution in [-0.4, -0.2) is 40.0 Å². The minimum absolute atomic E-state index is 0.120. The van der Waals surface area contributed by atoms with Crippen molar-refractivity contribution in [1.82, 2.24) is 10.5 Å². The van der Waals surface area contributed by atoms with E-state index in [4.69, 9.17) is 10.2 Å². The first-order valence-electron chi connectivity index (χ1n) is 4.62. The second-order valence-corrected chi connectivity index (χ2v) is 3.29. The van der Waals surface area contributed by atoms with E-state index in [1.807, 2.05) is 0 Å². The summed E-state index contributed by atoms with van der Waals surface area (Å²) in [4.78, 5) is 11.5. The zero-order valence-electron chi connectivity index (χ0n) is 8.43. The van der Waals surface area contributed by atoms with Crippen molar-refractivity contribution in [1.29, 1.82) is 0 Å². The Morgan fingerprint density at radius 2 is 2.27 bits per heavy atom. The minimum Gasteiger partial charge on any atom is -0.394 e. The Kier molecular flexibility index (Phi) is 3.81. The Labute approximate surface area is 86.9 Å². The second kappa shape index (κ2) is 4.90. The van der Waals surface area contributed by atoms with Crippen molar-refractivity contribution in [3.63, 3.8) is 0 Å². The number of rotatable bonds is 5. The molecule has 1 rings (SSSR count). The van der Waals surface area contributed by atoms with E-state index in [1.165, 1.54) is 12.3 Å². The van der Waals surface area contributed by atoms with Crippen molar-refractivity contribution >= 4 is 5.91 Å². The molecule has 84 valence electrons. The predicted octanol–water partition coefficient (Wildman–Crippen LogP) is -0.462. The zero-order valence-corrected chi connectivity index (χ0v) is 8.43. The molecule has 6 heteroatoms. The van der Waals surface area contributed by atoms with Gasteiger partial charge < -0.3 is 20.1 Å². The van der Waals surface area contributed by atoms with Gasteiger partial charge in [-0.05, 0) is 6.42 Å². The molecule has 0 aliphatic heterocycles. The lowest BCUT2D eigenvalue weighted by molar-refractivity contribution is 0.0646. The third-order valence-electron chi connectivity index (χ3n) is 2.33. The minimum atomic E-state index is -1.00. The molecule has 0 unspecified atom stereocenters. The molecule has 0 bridgehead atoms. The fraction of sp³-hybridized carbons (Fsp3) is 0.556. The second-order valence-electron chi connectivity index (χ2n) is 3.29. The molecule has 3 N–H and O–H groups in total. The van der Waals surface area contributed by atoms with Crippen LogP contribution in [0.5, 0.6) is 0 Å². The van der Waals surface area contributed by atoms with Crippen molar-refractivity contribution in [2.75, 3.05) is 13.2 Å². The normalized spacial score (nSPS) is 11.4. The lowest BCUT2D eigenvalue weighted by atomic mass is 9.98. The first-order chi connectivity index (χ1) is 7.17. The summed E-state index contributed by atoms with van der Waals surface area (Å²) in [6.07, 6.45) is 1.70. The molecule has 1 amide bonds. The summed E-state index contributed by atoms with van der Waals surface area (Å²) >= 11 is 0. The van der Waals surface area contributed by atoms with Gasteiger partial charge in [0.05, 0.1) is 18.8 Å². The third-order valence-corrected chi connectivity index (χ3v) is 2.33. The number of carbonyl (C=O) groups is 1. The van der Waals surface area contributed by atoms with Gasteiger partial charge in [-0.2, -0.15) is 0 Å². The summed E-state index contributed by atoms with van der Waals surface area (Å²) < 4.78 is 4.52. The van der Waals surface area contributed by atoms with E-state index >= 15 is 0 Å². The van der Waals surface area contributed by atoms with Crippen LogP contribution < -0.4 is 5.32 Å². The molecule has 0 saturated carbocycles. The fourth-order valence-electron chi connectivity index (χ4n) is 1.08. The van der Waals surface area contributed by atoms with Gasteiger partial charge in [-0.1, -0.05) is 12.1 Å². The summed E-state index contributed by atoms with van der Waals surface area (Å²) in [6.45, 7) is 1.10. The lowest BCUT2D eigenvalue weighted by Gasteiger charge is -2.29. The van der Waals surface area contributed by atoms with Crippen LogP contribution in [0.1, 0.15) is 23.8 Å². The van der Waals surface area contributed by atoms with Crippen LogP contribution in [0.2, 0.25) is 0 Å². The predicted molar refractivity (Wildman–Crippen MR) is 51.2 cm³/mol. The Morgan fingerprint density at radius 1 is 1.60 bits per heavy atom. The van der Waals surface area contributed by atoms with Crippen LogP contribution in [0.15, 0.2) is 16.9 Å². The molecule has 0 aromatic carbocycles. The molecule has 6 nitrogen and oxygen atoms in total. The van der Waals surface area contributed by atoms with Gasteiger partial charge in [-0.15, -0.1) is 0 Å². The highest BCUT2D eigenvalue weighted by Crippen LogP contribution is 2.09. The van der Waals surface area contributed by atoms with Crippen LogP contribution in [0.4, 0.5) is 0 Å². The number of aliphatic hydroxyl groups is 2. The first kappa shape index (κ1) is 11.7. The maximum absolute atomic E-state index is 11.5. The number of aliphatic hydroxyl groups excluding tert-OH is 2. The molecule has 0 radical (unpaired) electrons. The van der Waals surface area contributed by atoms with Crippen LogP contribution in [-0.2, 0) is 0 Å². The highest BCUT2D eigenvalue weighted by molar-refractivity contribution is 5.92. The smallest absolute Gasteiger partial charge is 0.274 e. The first-order valence-corrected chi connectivity index (χ1v) is 4.62. The molecule has 1 heterocycles. The maximum Gasteiger partial charge on any atom is 0.274 e. The molecule has 1 aromatic heterocycles. The molecule has 0 saturated heterocycles. The lowest BCUT2D eigenvalue weighted by Crippen LogP contribution is -2.53. The molecular weight excluding hydrogens is 200 g/mol. The maximum atomic E-state index is 11.5. The summed E-state index contributed by atoms with van der Waals surface area (Å²) in [7, 11) is 0. The molecule has 1 aromatic rings. The zero-order chi connectivity index (χ0) is 11.3. The quantitative estimate of drug-likeness (QED) is 0.616. The van der Waals surface area contributed by atoms with E-state index in [1.54, 1.807) is 6.92 Å². The Bertz CT molecular complexity index is 298. The number of carbonyl (C=O) groups excluding carboxylic acids is 1. The van der Waals surface area contributed by atoms with E-state index in [9.17, 15) is 4.79 Å². The largest absolute Gasteiger partial charge is 0.394 e. The molecule has 0 fully saturated rings. The van der Waals surface area contributed by atoms with E-state index in [-0.39, 0.29) is 18.9 Å². The summed E-state index contributed by atoms with van der Waals surface area (Å²) in [5, 5.41) is 24.2. The average molecular weight is 214 g/mol. The number of aromatic nitrogens is 1. The molecule has 0 aliphatic carbocycles. The van der Waals surface area contributed by atoms with Gasteiger partial charge in [0.1, 0.15) is 6.26 Å². The Hall–Kier alpha value is -1.40. The van der Waals surface area contributed by atoms with Gasteiger partial charge in [-0.25, -0.2) is 0 Å². The van der Waals surface area contributed by atoms with Gasteiger partial charge >= 0.3 is 0 Å². The third kappa shape index (κ3) is 2.54. The van der Waals surface area contributed by atoms with Gasteiger partial charge in [0.15, 0.2) is 5.69 Å². The molecule has 0 spiro atoms. The van der Waals surface area contributed by atoms with Crippen molar-refractivity contribution in [3.05, 3.63) is 18.0 Å². The van der Waals surface area contributed by atoms with Crippen molar-refractivity contribution in [3.8, 4) is 0 Å². The topological polar surface area (TPSA) is 95.6 Å². The highest BCUT2D eigenvalue weighted by atomic mass is 16.5. The monoisotopic (exact) mass is 214 g/mol. The summed E-state index contributed by atoms with van der Waals surface area (Å²) in [5.41, 5.74) is -0.884. The van der Waals surface area contributed by atoms with Gasteiger partial charge in [0, 0.05) is 6.07 Å². The van der Waals surface area contributed by atoms with Gasteiger partial charge in [0.25, 0.3) is 5.91 Å². The number of hydrogen-bond donors (Lipinski definition) is 3. The standard InChI is InChI=1S/C9H14N2O4/c1-2-9(5-12,6-13)10-8(14)7-3-4-15-11-7/h3-4,12-13H,2,5-6H2,1H3,(H,10,14). The molecule has 0 atom stereocenters. The molecule has 15 heavy (non-hydrogen) atoms. The number of nitrogens with one attached hydrogen (secondary N) is 1. The van der Waals surface area contributed by atoms with Crippen LogP contribution >= 0.6 is 0 Å². The van der Waals surface area contributed by atoms with Crippen molar-refractivity contribution < 1.29 is 19.5 Å². The Morgan fingerprint density at radius 3 is 2.67 bits per heavy atom.